The monoisotopic (exact) mass is 186 g/mol. The highest BCUT2D eigenvalue weighted by molar-refractivity contribution is 4.81. The fourth-order valence-electron chi connectivity index (χ4n) is 2.38. The van der Waals surface area contributed by atoms with Crippen LogP contribution in [0.3, 0.4) is 0 Å². The van der Waals surface area contributed by atoms with E-state index >= 15 is 0 Å². The van der Waals surface area contributed by atoms with Crippen LogP contribution in [0.25, 0.3) is 0 Å². The van der Waals surface area contributed by atoms with Crippen LogP contribution in [0.5, 0.6) is 0 Å². The minimum atomic E-state index is -0.549. The SMILES string of the molecule is CC1CC(CC(C)(C)O)CCC1O. The third-order valence-electron chi connectivity index (χ3n) is 3.02. The number of aliphatic hydroxyl groups is 2. The van der Waals surface area contributed by atoms with Crippen LogP contribution in [0.15, 0.2) is 0 Å². The Bertz CT molecular complexity index is 160. The Morgan fingerprint density at radius 3 is 2.38 bits per heavy atom. The molecule has 13 heavy (non-hydrogen) atoms. The summed E-state index contributed by atoms with van der Waals surface area (Å²) in [6.45, 7) is 5.83. The van der Waals surface area contributed by atoms with Crippen molar-refractivity contribution in [1.29, 1.82) is 0 Å². The summed E-state index contributed by atoms with van der Waals surface area (Å²) in [6.07, 6.45) is 3.78. The summed E-state index contributed by atoms with van der Waals surface area (Å²) < 4.78 is 0. The summed E-state index contributed by atoms with van der Waals surface area (Å²) in [5.74, 6) is 1.000. The summed E-state index contributed by atoms with van der Waals surface area (Å²) in [7, 11) is 0. The van der Waals surface area contributed by atoms with Crippen LogP contribution >= 0.6 is 0 Å². The summed E-state index contributed by atoms with van der Waals surface area (Å²) in [5.41, 5.74) is -0.549. The van der Waals surface area contributed by atoms with Gasteiger partial charge in [-0.3, -0.25) is 0 Å². The van der Waals surface area contributed by atoms with Crippen molar-refractivity contribution in [1.82, 2.24) is 0 Å². The molecule has 0 bridgehead atoms. The fourth-order valence-corrected chi connectivity index (χ4v) is 2.38. The van der Waals surface area contributed by atoms with Gasteiger partial charge in [-0.1, -0.05) is 6.92 Å². The van der Waals surface area contributed by atoms with E-state index < -0.39 is 5.60 Å². The molecule has 1 fully saturated rings. The molecule has 3 atom stereocenters. The number of hydrogen-bond acceptors (Lipinski definition) is 2. The standard InChI is InChI=1S/C11H22O2/c1-8-6-9(4-5-10(8)12)7-11(2,3)13/h8-10,12-13H,4-7H2,1-3H3. The molecule has 2 heteroatoms. The molecule has 0 aliphatic heterocycles. The topological polar surface area (TPSA) is 40.5 Å². The maximum Gasteiger partial charge on any atom is 0.0594 e. The Balaban J connectivity index is 2.38. The highest BCUT2D eigenvalue weighted by Crippen LogP contribution is 2.33. The van der Waals surface area contributed by atoms with Crippen LogP contribution in [0.1, 0.15) is 46.5 Å². The van der Waals surface area contributed by atoms with Gasteiger partial charge < -0.3 is 10.2 Å². The molecule has 2 nitrogen and oxygen atoms in total. The molecule has 0 aromatic heterocycles. The maximum absolute atomic E-state index is 9.66. The molecule has 0 heterocycles. The molecule has 0 amide bonds. The van der Waals surface area contributed by atoms with E-state index in [1.165, 1.54) is 0 Å². The zero-order valence-corrected chi connectivity index (χ0v) is 8.95. The van der Waals surface area contributed by atoms with Crippen molar-refractivity contribution in [2.75, 3.05) is 0 Å². The van der Waals surface area contributed by atoms with Crippen molar-refractivity contribution in [3.63, 3.8) is 0 Å². The van der Waals surface area contributed by atoms with Gasteiger partial charge in [-0.2, -0.15) is 0 Å². The Morgan fingerprint density at radius 1 is 1.31 bits per heavy atom. The normalized spacial score (nSPS) is 36.2. The first-order chi connectivity index (χ1) is 5.88. The number of rotatable bonds is 2. The van der Waals surface area contributed by atoms with Gasteiger partial charge in [0, 0.05) is 0 Å². The smallest absolute Gasteiger partial charge is 0.0594 e. The minimum absolute atomic E-state index is 0.113. The van der Waals surface area contributed by atoms with Gasteiger partial charge >= 0.3 is 0 Å². The molecule has 0 radical (unpaired) electrons. The third kappa shape index (κ3) is 3.65. The number of aliphatic hydroxyl groups excluding tert-OH is 1. The molecule has 0 aromatic carbocycles. The van der Waals surface area contributed by atoms with Crippen molar-refractivity contribution in [3.8, 4) is 0 Å². The van der Waals surface area contributed by atoms with Crippen LogP contribution in [0.4, 0.5) is 0 Å². The third-order valence-corrected chi connectivity index (χ3v) is 3.02. The molecule has 78 valence electrons. The van der Waals surface area contributed by atoms with Crippen molar-refractivity contribution in [2.24, 2.45) is 11.8 Å². The average Bonchev–Trinajstić information content (AvgIpc) is 1.94. The van der Waals surface area contributed by atoms with Crippen LogP contribution in [-0.2, 0) is 0 Å². The first-order valence-electron chi connectivity index (χ1n) is 5.29. The van der Waals surface area contributed by atoms with Crippen molar-refractivity contribution >= 4 is 0 Å². The van der Waals surface area contributed by atoms with Gasteiger partial charge in [0.15, 0.2) is 0 Å². The lowest BCUT2D eigenvalue weighted by molar-refractivity contribution is 0.0111. The molecule has 0 aromatic rings. The van der Waals surface area contributed by atoms with E-state index in [2.05, 4.69) is 6.92 Å². The molecule has 1 aliphatic carbocycles. The van der Waals surface area contributed by atoms with Gasteiger partial charge in [-0.25, -0.2) is 0 Å². The van der Waals surface area contributed by atoms with E-state index in [4.69, 9.17) is 0 Å². The van der Waals surface area contributed by atoms with Crippen LogP contribution in [0, 0.1) is 11.8 Å². The van der Waals surface area contributed by atoms with Crippen LogP contribution in [-0.4, -0.2) is 21.9 Å². The Hall–Kier alpha value is -0.0800. The second kappa shape index (κ2) is 3.97. The van der Waals surface area contributed by atoms with Gasteiger partial charge in [0.1, 0.15) is 0 Å². The van der Waals surface area contributed by atoms with Crippen LogP contribution in [0.2, 0.25) is 0 Å². The van der Waals surface area contributed by atoms with Crippen molar-refractivity contribution < 1.29 is 10.2 Å². The lowest BCUT2D eigenvalue weighted by Gasteiger charge is -2.34. The molecule has 1 rings (SSSR count). The largest absolute Gasteiger partial charge is 0.393 e. The van der Waals surface area contributed by atoms with Crippen molar-refractivity contribution in [2.45, 2.75) is 58.2 Å². The van der Waals surface area contributed by atoms with Gasteiger partial charge in [0.05, 0.1) is 11.7 Å². The van der Waals surface area contributed by atoms with Crippen LogP contribution < -0.4 is 0 Å². The van der Waals surface area contributed by atoms with Gasteiger partial charge in [-0.05, 0) is 51.4 Å². The Morgan fingerprint density at radius 2 is 1.92 bits per heavy atom. The van der Waals surface area contributed by atoms with Gasteiger partial charge in [0.25, 0.3) is 0 Å². The van der Waals surface area contributed by atoms with E-state index in [0.717, 1.165) is 25.7 Å². The fraction of sp³-hybridized carbons (Fsp3) is 1.00. The first-order valence-corrected chi connectivity index (χ1v) is 5.29. The Labute approximate surface area is 81.0 Å². The molecule has 2 N–H and O–H groups in total. The first kappa shape index (κ1) is 11.0. The highest BCUT2D eigenvalue weighted by Gasteiger charge is 2.29. The molecule has 0 spiro atoms. The predicted molar refractivity (Wildman–Crippen MR) is 53.4 cm³/mol. The highest BCUT2D eigenvalue weighted by atomic mass is 16.3. The lowest BCUT2D eigenvalue weighted by Crippen LogP contribution is -2.31. The second-order valence-electron chi connectivity index (χ2n) is 5.24. The molecular weight excluding hydrogens is 164 g/mol. The van der Waals surface area contributed by atoms with Gasteiger partial charge in [-0.15, -0.1) is 0 Å². The zero-order chi connectivity index (χ0) is 10.1. The van der Waals surface area contributed by atoms with E-state index in [9.17, 15) is 10.2 Å². The number of hydrogen-bond donors (Lipinski definition) is 2. The minimum Gasteiger partial charge on any atom is -0.393 e. The molecule has 1 saturated carbocycles. The van der Waals surface area contributed by atoms with E-state index in [-0.39, 0.29) is 6.10 Å². The second-order valence-corrected chi connectivity index (χ2v) is 5.24. The Kier molecular flexibility index (Phi) is 3.36. The van der Waals surface area contributed by atoms with E-state index in [1.54, 1.807) is 0 Å². The maximum atomic E-state index is 9.66. The zero-order valence-electron chi connectivity index (χ0n) is 8.95. The average molecular weight is 186 g/mol. The summed E-state index contributed by atoms with van der Waals surface area (Å²) >= 11 is 0. The summed E-state index contributed by atoms with van der Waals surface area (Å²) in [4.78, 5) is 0. The van der Waals surface area contributed by atoms with E-state index in [1.807, 2.05) is 13.8 Å². The van der Waals surface area contributed by atoms with Crippen molar-refractivity contribution in [3.05, 3.63) is 0 Å². The summed E-state index contributed by atoms with van der Waals surface area (Å²) in [5, 5.41) is 19.2. The molecule has 3 unspecified atom stereocenters. The quantitative estimate of drug-likeness (QED) is 0.692. The summed E-state index contributed by atoms with van der Waals surface area (Å²) in [6, 6.07) is 0. The molecular formula is C11H22O2. The van der Waals surface area contributed by atoms with E-state index in [0.29, 0.717) is 11.8 Å². The van der Waals surface area contributed by atoms with Gasteiger partial charge in [0.2, 0.25) is 0 Å². The predicted octanol–water partition coefficient (Wildman–Crippen LogP) is 1.94. The lowest BCUT2D eigenvalue weighted by atomic mass is 9.76. The molecule has 0 saturated heterocycles. The molecule has 1 aliphatic rings.